The van der Waals surface area contributed by atoms with Crippen LogP contribution in [0.3, 0.4) is 0 Å². The summed E-state index contributed by atoms with van der Waals surface area (Å²) in [6.07, 6.45) is 13.6. The molecule has 2 aliphatic carbocycles. The van der Waals surface area contributed by atoms with E-state index in [1.165, 1.54) is 64.2 Å². The fraction of sp³-hybridized carbons (Fsp3) is 1.00. The maximum atomic E-state index is 10.9. The first-order valence-electron chi connectivity index (χ1n) is 6.93. The second-order valence-corrected chi connectivity index (χ2v) is 9.98. The minimum absolute atomic E-state index is 0.731. The quantitative estimate of drug-likeness (QED) is 0.699. The zero-order chi connectivity index (χ0) is 10.7. The Morgan fingerprint density at radius 1 is 0.733 bits per heavy atom. The van der Waals surface area contributed by atoms with E-state index < -0.39 is 8.32 Å². The molecule has 1 N–H and O–H groups in total. The molecule has 0 amide bonds. The van der Waals surface area contributed by atoms with Crippen LogP contribution in [-0.2, 0) is 0 Å². The van der Waals surface area contributed by atoms with Crippen molar-refractivity contribution in [2.24, 2.45) is 0 Å². The molecule has 88 valence electrons. The van der Waals surface area contributed by atoms with Crippen LogP contribution in [0.25, 0.3) is 0 Å². The number of rotatable bonds is 2. The van der Waals surface area contributed by atoms with Crippen molar-refractivity contribution in [2.75, 3.05) is 0 Å². The largest absolute Gasteiger partial charge is 0.431 e. The Labute approximate surface area is 95.4 Å². The lowest BCUT2D eigenvalue weighted by molar-refractivity contribution is 0.381. The summed E-state index contributed by atoms with van der Waals surface area (Å²) in [6, 6.07) is 0. The molecule has 1 nitrogen and oxygen atoms in total. The van der Waals surface area contributed by atoms with E-state index in [9.17, 15) is 4.80 Å². The van der Waals surface area contributed by atoms with Gasteiger partial charge in [0.1, 0.15) is 0 Å². The summed E-state index contributed by atoms with van der Waals surface area (Å²) in [5, 5.41) is 0. The molecular formula is C13H26OSi. The first-order valence-corrected chi connectivity index (χ1v) is 9.54. The third kappa shape index (κ3) is 2.65. The predicted octanol–water partition coefficient (Wildman–Crippen LogP) is 4.22. The molecule has 0 atom stereocenters. The third-order valence-electron chi connectivity index (χ3n) is 4.86. The molecular weight excluding hydrogens is 200 g/mol. The van der Waals surface area contributed by atoms with Gasteiger partial charge in [-0.3, -0.25) is 0 Å². The molecule has 0 aromatic carbocycles. The maximum Gasteiger partial charge on any atom is 0.191 e. The first kappa shape index (κ1) is 11.7. The van der Waals surface area contributed by atoms with Crippen LogP contribution in [0.4, 0.5) is 0 Å². The van der Waals surface area contributed by atoms with Gasteiger partial charge in [0.2, 0.25) is 0 Å². The number of hydrogen-bond acceptors (Lipinski definition) is 1. The van der Waals surface area contributed by atoms with Crippen LogP contribution < -0.4 is 0 Å². The fourth-order valence-corrected chi connectivity index (χ4v) is 7.53. The van der Waals surface area contributed by atoms with Crippen molar-refractivity contribution >= 4 is 8.32 Å². The molecule has 0 aromatic heterocycles. The lowest BCUT2D eigenvalue weighted by Crippen LogP contribution is -2.43. The second-order valence-electron chi connectivity index (χ2n) is 5.90. The molecule has 0 unspecified atom stereocenters. The Kier molecular flexibility index (Phi) is 3.89. The van der Waals surface area contributed by atoms with Gasteiger partial charge in [-0.25, -0.2) is 0 Å². The van der Waals surface area contributed by atoms with Crippen molar-refractivity contribution in [1.29, 1.82) is 0 Å². The van der Waals surface area contributed by atoms with E-state index >= 15 is 0 Å². The molecule has 0 radical (unpaired) electrons. The van der Waals surface area contributed by atoms with E-state index in [0.29, 0.717) is 0 Å². The average molecular weight is 226 g/mol. The number of hydrogen-bond donors (Lipinski definition) is 1. The molecule has 2 heteroatoms. The highest BCUT2D eigenvalue weighted by atomic mass is 28.4. The predicted molar refractivity (Wildman–Crippen MR) is 67.5 cm³/mol. The Hall–Kier alpha value is 0.177. The molecule has 2 saturated carbocycles. The Morgan fingerprint density at radius 3 is 1.40 bits per heavy atom. The zero-order valence-corrected chi connectivity index (χ0v) is 11.2. The lowest BCUT2D eigenvalue weighted by Gasteiger charge is -2.40. The van der Waals surface area contributed by atoms with Crippen molar-refractivity contribution in [3.8, 4) is 0 Å². The Balaban J connectivity index is 1.96. The normalized spacial score (nSPS) is 26.8. The van der Waals surface area contributed by atoms with E-state index in [1.807, 2.05) is 0 Å². The fourth-order valence-electron chi connectivity index (χ4n) is 3.71. The van der Waals surface area contributed by atoms with Gasteiger partial charge in [-0.2, -0.15) is 0 Å². The summed E-state index contributed by atoms with van der Waals surface area (Å²) in [5.74, 6) is 0. The van der Waals surface area contributed by atoms with E-state index in [-0.39, 0.29) is 0 Å². The van der Waals surface area contributed by atoms with Crippen molar-refractivity contribution in [2.45, 2.75) is 81.8 Å². The van der Waals surface area contributed by atoms with Gasteiger partial charge < -0.3 is 4.80 Å². The van der Waals surface area contributed by atoms with Crippen LogP contribution in [0, 0.1) is 0 Å². The summed E-state index contributed by atoms with van der Waals surface area (Å²) in [6.45, 7) is 2.26. The smallest absolute Gasteiger partial charge is 0.191 e. The lowest BCUT2D eigenvalue weighted by atomic mass is 9.99. The SMILES string of the molecule is C[Si](O)(C1CCCCC1)C1CCCCC1. The van der Waals surface area contributed by atoms with Gasteiger partial charge in [-0.05, 0) is 17.6 Å². The third-order valence-corrected chi connectivity index (χ3v) is 9.32. The van der Waals surface area contributed by atoms with E-state index in [2.05, 4.69) is 6.55 Å². The van der Waals surface area contributed by atoms with Crippen LogP contribution in [-0.4, -0.2) is 13.1 Å². The van der Waals surface area contributed by atoms with E-state index in [0.717, 1.165) is 11.1 Å². The zero-order valence-electron chi connectivity index (χ0n) is 10.2. The molecule has 0 aliphatic heterocycles. The molecule has 0 heterocycles. The minimum atomic E-state index is -1.90. The van der Waals surface area contributed by atoms with Gasteiger partial charge in [0, 0.05) is 0 Å². The Morgan fingerprint density at radius 2 is 1.07 bits per heavy atom. The van der Waals surface area contributed by atoms with Gasteiger partial charge in [-0.15, -0.1) is 0 Å². The van der Waals surface area contributed by atoms with E-state index in [1.54, 1.807) is 0 Å². The average Bonchev–Trinajstić information content (AvgIpc) is 2.31. The van der Waals surface area contributed by atoms with Gasteiger partial charge in [0.15, 0.2) is 8.32 Å². The highest BCUT2D eigenvalue weighted by molar-refractivity contribution is 6.74. The monoisotopic (exact) mass is 226 g/mol. The molecule has 2 rings (SSSR count). The summed E-state index contributed by atoms with van der Waals surface area (Å²) in [7, 11) is -1.90. The van der Waals surface area contributed by atoms with Crippen LogP contribution in [0.5, 0.6) is 0 Å². The Bertz CT molecular complexity index is 171. The molecule has 0 saturated heterocycles. The maximum absolute atomic E-state index is 10.9. The minimum Gasteiger partial charge on any atom is -0.431 e. The molecule has 0 bridgehead atoms. The van der Waals surface area contributed by atoms with Crippen LogP contribution in [0.2, 0.25) is 17.6 Å². The highest BCUT2D eigenvalue weighted by Gasteiger charge is 2.42. The van der Waals surface area contributed by atoms with Crippen molar-refractivity contribution in [3.05, 3.63) is 0 Å². The molecule has 2 aliphatic rings. The van der Waals surface area contributed by atoms with Crippen molar-refractivity contribution in [3.63, 3.8) is 0 Å². The summed E-state index contributed by atoms with van der Waals surface area (Å²) in [5.41, 5.74) is 1.46. The van der Waals surface area contributed by atoms with Crippen molar-refractivity contribution < 1.29 is 4.80 Å². The summed E-state index contributed by atoms with van der Waals surface area (Å²) in [4.78, 5) is 10.9. The van der Waals surface area contributed by atoms with Gasteiger partial charge in [-0.1, -0.05) is 64.2 Å². The standard InChI is InChI=1S/C13H26OSi/c1-15(14,12-8-4-2-5-9-12)13-10-6-3-7-11-13/h12-14H,2-11H2,1H3. The van der Waals surface area contributed by atoms with Crippen molar-refractivity contribution in [1.82, 2.24) is 0 Å². The van der Waals surface area contributed by atoms with Crippen LogP contribution in [0.1, 0.15) is 64.2 Å². The summed E-state index contributed by atoms with van der Waals surface area (Å²) >= 11 is 0. The van der Waals surface area contributed by atoms with Crippen LogP contribution >= 0.6 is 0 Å². The molecule has 15 heavy (non-hydrogen) atoms. The highest BCUT2D eigenvalue weighted by Crippen LogP contribution is 2.46. The van der Waals surface area contributed by atoms with E-state index in [4.69, 9.17) is 0 Å². The summed E-state index contributed by atoms with van der Waals surface area (Å²) < 4.78 is 0. The van der Waals surface area contributed by atoms with Gasteiger partial charge >= 0.3 is 0 Å². The van der Waals surface area contributed by atoms with Crippen LogP contribution in [0.15, 0.2) is 0 Å². The second kappa shape index (κ2) is 5.01. The van der Waals surface area contributed by atoms with Gasteiger partial charge in [0.05, 0.1) is 0 Å². The van der Waals surface area contributed by atoms with Gasteiger partial charge in [0.25, 0.3) is 0 Å². The molecule has 0 spiro atoms. The molecule has 2 fully saturated rings. The first-order chi connectivity index (χ1) is 7.21. The molecule has 0 aromatic rings. The topological polar surface area (TPSA) is 20.2 Å².